The Balaban J connectivity index is 0.00000420. The Hall–Kier alpha value is -2.01. The van der Waals surface area contributed by atoms with E-state index in [1.165, 1.54) is 0 Å². The number of benzene rings is 2. The second-order valence-corrected chi connectivity index (χ2v) is 7.96. The SMILES string of the molecule is CN(C)CC(CCC(CN(C)C)C(=O)c1ccccc1)C(=O)c1ccccc1.Cl. The lowest BCUT2D eigenvalue weighted by atomic mass is 9.86. The number of carbonyl (C=O) groups is 2. The molecule has 0 radical (unpaired) electrons. The Morgan fingerprint density at radius 3 is 1.24 bits per heavy atom. The fraction of sp³-hybridized carbons (Fsp3) is 0.417. The number of ketones is 2. The maximum atomic E-state index is 13.0. The molecule has 2 aromatic rings. The number of hydrogen-bond acceptors (Lipinski definition) is 4. The van der Waals surface area contributed by atoms with E-state index in [0.29, 0.717) is 25.9 Å². The van der Waals surface area contributed by atoms with Gasteiger partial charge in [-0.05, 0) is 41.0 Å². The third kappa shape index (κ3) is 8.09. The summed E-state index contributed by atoms with van der Waals surface area (Å²) in [5.41, 5.74) is 1.49. The molecule has 0 aliphatic heterocycles. The van der Waals surface area contributed by atoms with Crippen molar-refractivity contribution in [2.24, 2.45) is 11.8 Å². The van der Waals surface area contributed by atoms with Gasteiger partial charge in [0.05, 0.1) is 0 Å². The third-order valence-electron chi connectivity index (χ3n) is 4.89. The van der Waals surface area contributed by atoms with E-state index >= 15 is 0 Å². The molecule has 2 unspecified atom stereocenters. The molecule has 2 rings (SSSR count). The van der Waals surface area contributed by atoms with Crippen molar-refractivity contribution in [3.8, 4) is 0 Å². The fourth-order valence-corrected chi connectivity index (χ4v) is 3.57. The Labute approximate surface area is 181 Å². The zero-order valence-corrected chi connectivity index (χ0v) is 18.7. The molecule has 0 saturated heterocycles. The van der Waals surface area contributed by atoms with Crippen molar-refractivity contribution >= 4 is 24.0 Å². The van der Waals surface area contributed by atoms with Crippen LogP contribution >= 0.6 is 12.4 Å². The number of nitrogens with zero attached hydrogens (tertiary/aromatic N) is 2. The second-order valence-electron chi connectivity index (χ2n) is 7.96. The van der Waals surface area contributed by atoms with E-state index in [1.54, 1.807) is 0 Å². The topological polar surface area (TPSA) is 40.6 Å². The maximum absolute atomic E-state index is 13.0. The normalized spacial score (nSPS) is 13.0. The van der Waals surface area contributed by atoms with Crippen LogP contribution in [0, 0.1) is 11.8 Å². The standard InChI is InChI=1S/C24H32N2O2.ClH/c1-25(2)17-21(23(27)19-11-7-5-8-12-19)15-16-22(18-26(3)4)24(28)20-13-9-6-10-14-20;/h5-14,21-22H,15-18H2,1-4H3;1H. The van der Waals surface area contributed by atoms with Crippen molar-refractivity contribution in [2.45, 2.75) is 12.8 Å². The number of carbonyl (C=O) groups excluding carboxylic acids is 2. The Morgan fingerprint density at radius 2 is 0.966 bits per heavy atom. The van der Waals surface area contributed by atoms with Crippen LogP contribution in [-0.2, 0) is 0 Å². The number of Topliss-reactive ketones (excluding diaryl/α,β-unsaturated/α-hetero) is 2. The molecule has 2 atom stereocenters. The largest absolute Gasteiger partial charge is 0.309 e. The molecule has 0 aromatic heterocycles. The third-order valence-corrected chi connectivity index (χ3v) is 4.89. The van der Waals surface area contributed by atoms with Gasteiger partial charge in [-0.1, -0.05) is 60.7 Å². The lowest BCUT2D eigenvalue weighted by Gasteiger charge is -2.24. The van der Waals surface area contributed by atoms with Crippen LogP contribution in [0.15, 0.2) is 60.7 Å². The molecular weight excluding hydrogens is 384 g/mol. The van der Waals surface area contributed by atoms with Crippen molar-refractivity contribution in [3.05, 3.63) is 71.8 Å². The van der Waals surface area contributed by atoms with Gasteiger partial charge < -0.3 is 9.80 Å². The van der Waals surface area contributed by atoms with Crippen LogP contribution in [0.3, 0.4) is 0 Å². The van der Waals surface area contributed by atoms with E-state index in [2.05, 4.69) is 0 Å². The summed E-state index contributed by atoms with van der Waals surface area (Å²) in [6.45, 7) is 1.36. The molecule has 29 heavy (non-hydrogen) atoms. The molecule has 0 fully saturated rings. The highest BCUT2D eigenvalue weighted by Gasteiger charge is 2.26. The Morgan fingerprint density at radius 1 is 0.655 bits per heavy atom. The molecule has 0 aliphatic carbocycles. The molecule has 0 N–H and O–H groups in total. The number of halogens is 1. The minimum absolute atomic E-state index is 0. The Bertz CT molecular complexity index is 682. The average molecular weight is 417 g/mol. The first-order valence-corrected chi connectivity index (χ1v) is 9.86. The second kappa shape index (κ2) is 12.5. The first-order valence-electron chi connectivity index (χ1n) is 9.86. The molecule has 0 aliphatic rings. The zero-order valence-electron chi connectivity index (χ0n) is 17.9. The van der Waals surface area contributed by atoms with Gasteiger partial charge in [0.15, 0.2) is 11.6 Å². The van der Waals surface area contributed by atoms with Crippen molar-refractivity contribution in [3.63, 3.8) is 0 Å². The summed E-state index contributed by atoms with van der Waals surface area (Å²) in [7, 11) is 7.94. The van der Waals surface area contributed by atoms with Gasteiger partial charge >= 0.3 is 0 Å². The van der Waals surface area contributed by atoms with Crippen LogP contribution in [0.4, 0.5) is 0 Å². The van der Waals surface area contributed by atoms with Crippen LogP contribution in [0.2, 0.25) is 0 Å². The van der Waals surface area contributed by atoms with Crippen molar-refractivity contribution < 1.29 is 9.59 Å². The van der Waals surface area contributed by atoms with Gasteiger partial charge in [0.2, 0.25) is 0 Å². The first kappa shape index (κ1) is 25.0. The molecule has 0 bridgehead atoms. The highest BCUT2D eigenvalue weighted by Crippen LogP contribution is 2.22. The molecule has 2 aromatic carbocycles. The molecule has 0 saturated carbocycles. The fourth-order valence-electron chi connectivity index (χ4n) is 3.57. The molecule has 0 amide bonds. The van der Waals surface area contributed by atoms with Gasteiger partial charge in [-0.15, -0.1) is 12.4 Å². The molecular formula is C24H33ClN2O2. The van der Waals surface area contributed by atoms with Crippen molar-refractivity contribution in [1.29, 1.82) is 0 Å². The monoisotopic (exact) mass is 416 g/mol. The highest BCUT2D eigenvalue weighted by atomic mass is 35.5. The van der Waals surface area contributed by atoms with Gasteiger partial charge in [0.1, 0.15) is 0 Å². The summed E-state index contributed by atoms with van der Waals surface area (Å²) in [5, 5.41) is 0. The molecule has 0 heterocycles. The van der Waals surface area contributed by atoms with Crippen LogP contribution in [-0.4, -0.2) is 62.6 Å². The van der Waals surface area contributed by atoms with Gasteiger partial charge in [-0.3, -0.25) is 9.59 Å². The van der Waals surface area contributed by atoms with E-state index in [0.717, 1.165) is 11.1 Å². The van der Waals surface area contributed by atoms with Crippen molar-refractivity contribution in [2.75, 3.05) is 41.3 Å². The van der Waals surface area contributed by atoms with Crippen LogP contribution in [0.25, 0.3) is 0 Å². The van der Waals surface area contributed by atoms with Crippen molar-refractivity contribution in [1.82, 2.24) is 9.80 Å². The predicted molar refractivity (Wildman–Crippen MR) is 122 cm³/mol. The van der Waals surface area contributed by atoms with E-state index < -0.39 is 0 Å². The van der Waals surface area contributed by atoms with Gasteiger partial charge in [0, 0.05) is 36.1 Å². The van der Waals surface area contributed by atoms with Gasteiger partial charge in [-0.25, -0.2) is 0 Å². The summed E-state index contributed by atoms with van der Waals surface area (Å²) in [5.74, 6) is 0.0754. The highest BCUT2D eigenvalue weighted by molar-refractivity contribution is 5.99. The minimum Gasteiger partial charge on any atom is -0.309 e. The van der Waals surface area contributed by atoms with Gasteiger partial charge in [0.25, 0.3) is 0 Å². The van der Waals surface area contributed by atoms with Crippen LogP contribution < -0.4 is 0 Å². The van der Waals surface area contributed by atoms with E-state index in [4.69, 9.17) is 0 Å². The zero-order chi connectivity index (χ0) is 20.5. The smallest absolute Gasteiger partial charge is 0.167 e. The van der Waals surface area contributed by atoms with E-state index in [-0.39, 0.29) is 35.8 Å². The minimum atomic E-state index is -0.120. The number of hydrogen-bond donors (Lipinski definition) is 0. The summed E-state index contributed by atoms with van der Waals surface area (Å²) in [6.07, 6.45) is 1.39. The van der Waals surface area contributed by atoms with E-state index in [1.807, 2.05) is 98.7 Å². The lowest BCUT2D eigenvalue weighted by Crippen LogP contribution is -2.32. The molecule has 158 valence electrons. The summed E-state index contributed by atoms with van der Waals surface area (Å²) in [6, 6.07) is 18.9. The molecule has 5 heteroatoms. The molecule has 0 spiro atoms. The predicted octanol–water partition coefficient (Wildman–Crippen LogP) is 4.31. The quantitative estimate of drug-likeness (QED) is 0.512. The summed E-state index contributed by atoms with van der Waals surface area (Å²) < 4.78 is 0. The number of rotatable bonds is 11. The van der Waals surface area contributed by atoms with Gasteiger partial charge in [-0.2, -0.15) is 0 Å². The maximum Gasteiger partial charge on any atom is 0.167 e. The average Bonchev–Trinajstić information content (AvgIpc) is 2.69. The Kier molecular flexibility index (Phi) is 10.8. The molecule has 4 nitrogen and oxygen atoms in total. The first-order chi connectivity index (χ1) is 13.4. The van der Waals surface area contributed by atoms with E-state index in [9.17, 15) is 9.59 Å². The van der Waals surface area contributed by atoms with Crippen LogP contribution in [0.5, 0.6) is 0 Å². The summed E-state index contributed by atoms with van der Waals surface area (Å²) >= 11 is 0. The summed E-state index contributed by atoms with van der Waals surface area (Å²) in [4.78, 5) is 30.2. The van der Waals surface area contributed by atoms with Crippen LogP contribution in [0.1, 0.15) is 33.6 Å². The lowest BCUT2D eigenvalue weighted by molar-refractivity contribution is 0.0835.